The number of aliphatic hydroxyl groups is 1. The minimum absolute atomic E-state index is 0.0411. The van der Waals surface area contributed by atoms with Gasteiger partial charge in [0.25, 0.3) is 0 Å². The molecule has 264 valence electrons. The number of likely N-dealkylation sites (tertiary alicyclic amines) is 2. The van der Waals surface area contributed by atoms with Crippen LogP contribution in [0.3, 0.4) is 0 Å². The lowest BCUT2D eigenvalue weighted by atomic mass is 9.85. The smallest absolute Gasteiger partial charge is 0.246 e. The first kappa shape index (κ1) is 36.4. The molecule has 1 aromatic heterocycles. The van der Waals surface area contributed by atoms with Gasteiger partial charge in [0.05, 0.1) is 40.9 Å². The highest BCUT2D eigenvalue weighted by Crippen LogP contribution is 2.30. The number of β-amino-alcohol motifs (C(OH)–C–C–N with tert-alkyl or cyclic N) is 1. The van der Waals surface area contributed by atoms with E-state index in [0.29, 0.717) is 13.1 Å². The van der Waals surface area contributed by atoms with Crippen molar-refractivity contribution in [3.8, 4) is 10.4 Å². The summed E-state index contributed by atoms with van der Waals surface area (Å²) in [4.78, 5) is 49.6. The SMILES string of the molecule is Cc1ncsc1-c1ccc([C@H](C)NC(=O)[C@@H]2C[C@@H](O)CN2C(=O)[C@@H](NC(=O)CN2CC(OCCCC3CCNCC3)C2)C(C)(C)C)cc1. The van der Waals surface area contributed by atoms with Crippen molar-refractivity contribution in [3.05, 3.63) is 41.0 Å². The number of aromatic nitrogens is 1. The monoisotopic (exact) mass is 682 g/mol. The van der Waals surface area contributed by atoms with Crippen LogP contribution in [0.15, 0.2) is 29.8 Å². The predicted octanol–water partition coefficient (Wildman–Crippen LogP) is 3.27. The standard InChI is InChI=1S/C36H54N6O5S/c1-23(26-8-10-27(11-9-26)32-24(2)38-22-48-32)39-34(45)30-17-28(43)18-42(30)35(46)33(36(3,4)5)40-31(44)21-41-19-29(20-41)47-16-6-7-25-12-14-37-15-13-25/h8-11,22-23,25,28-30,33,37,43H,6-7,12-21H2,1-5H3,(H,39,45)(H,40,44)/t23-,28+,30-,33+/m0/s1. The van der Waals surface area contributed by atoms with E-state index in [9.17, 15) is 19.5 Å². The Morgan fingerprint density at radius 2 is 1.81 bits per heavy atom. The van der Waals surface area contributed by atoms with Crippen LogP contribution in [0.2, 0.25) is 0 Å². The zero-order chi connectivity index (χ0) is 34.4. The van der Waals surface area contributed by atoms with Gasteiger partial charge in [-0.15, -0.1) is 11.3 Å². The average Bonchev–Trinajstić information content (AvgIpc) is 3.65. The zero-order valence-electron chi connectivity index (χ0n) is 29.2. The molecule has 5 rings (SSSR count). The first-order valence-electron chi connectivity index (χ1n) is 17.5. The first-order valence-corrected chi connectivity index (χ1v) is 18.4. The minimum Gasteiger partial charge on any atom is -0.391 e. The van der Waals surface area contributed by atoms with Gasteiger partial charge in [-0.25, -0.2) is 4.98 Å². The van der Waals surface area contributed by atoms with E-state index in [0.717, 1.165) is 53.7 Å². The zero-order valence-corrected chi connectivity index (χ0v) is 30.0. The van der Waals surface area contributed by atoms with Gasteiger partial charge in [0.2, 0.25) is 17.7 Å². The fourth-order valence-corrected chi connectivity index (χ4v) is 7.79. The number of nitrogens with zero attached hydrogens (tertiary/aromatic N) is 3. The summed E-state index contributed by atoms with van der Waals surface area (Å²) in [6, 6.07) is 6.02. The summed E-state index contributed by atoms with van der Waals surface area (Å²) in [7, 11) is 0. The Morgan fingerprint density at radius 1 is 1.10 bits per heavy atom. The summed E-state index contributed by atoms with van der Waals surface area (Å²) in [5.74, 6) is -0.118. The fraction of sp³-hybridized carbons (Fsp3) is 0.667. The number of thiazole rings is 1. The molecule has 3 fully saturated rings. The molecule has 2 aromatic rings. The third kappa shape index (κ3) is 9.41. The minimum atomic E-state index is -0.853. The molecule has 48 heavy (non-hydrogen) atoms. The summed E-state index contributed by atoms with van der Waals surface area (Å²) < 4.78 is 6.03. The highest BCUT2D eigenvalue weighted by Gasteiger charge is 2.45. The van der Waals surface area contributed by atoms with Crippen LogP contribution in [0, 0.1) is 18.3 Å². The molecule has 3 aliphatic rings. The molecule has 0 bridgehead atoms. The topological polar surface area (TPSA) is 136 Å². The van der Waals surface area contributed by atoms with Crippen LogP contribution in [0.1, 0.15) is 77.1 Å². The van der Waals surface area contributed by atoms with Gasteiger partial charge < -0.3 is 30.7 Å². The van der Waals surface area contributed by atoms with E-state index in [-0.39, 0.29) is 49.4 Å². The molecule has 1 aromatic carbocycles. The quantitative estimate of drug-likeness (QED) is 0.237. The Hall–Kier alpha value is -2.90. The lowest BCUT2D eigenvalue weighted by Crippen LogP contribution is -2.60. The van der Waals surface area contributed by atoms with E-state index in [1.165, 1.54) is 24.2 Å². The summed E-state index contributed by atoms with van der Waals surface area (Å²) >= 11 is 1.59. The molecule has 0 aliphatic carbocycles. The van der Waals surface area contributed by atoms with Gasteiger partial charge in [0, 0.05) is 32.7 Å². The highest BCUT2D eigenvalue weighted by atomic mass is 32.1. The molecule has 3 saturated heterocycles. The average molecular weight is 683 g/mol. The number of aryl methyl sites for hydroxylation is 1. The molecular weight excluding hydrogens is 628 g/mol. The van der Waals surface area contributed by atoms with Crippen LogP contribution in [-0.2, 0) is 19.1 Å². The maximum Gasteiger partial charge on any atom is 0.246 e. The largest absolute Gasteiger partial charge is 0.391 e. The molecule has 4 atom stereocenters. The van der Waals surface area contributed by atoms with Crippen molar-refractivity contribution >= 4 is 29.1 Å². The first-order chi connectivity index (χ1) is 22.9. The van der Waals surface area contributed by atoms with E-state index in [4.69, 9.17) is 4.74 Å². The number of hydrogen-bond donors (Lipinski definition) is 4. The molecule has 3 aliphatic heterocycles. The number of aliphatic hydroxyl groups excluding tert-OH is 1. The summed E-state index contributed by atoms with van der Waals surface area (Å²) in [5, 5.41) is 20.0. The van der Waals surface area contributed by atoms with E-state index in [2.05, 4.69) is 20.9 Å². The highest BCUT2D eigenvalue weighted by molar-refractivity contribution is 7.13. The molecule has 0 radical (unpaired) electrons. The van der Waals surface area contributed by atoms with Crippen molar-refractivity contribution in [2.75, 3.05) is 45.9 Å². The van der Waals surface area contributed by atoms with Gasteiger partial charge >= 0.3 is 0 Å². The fourth-order valence-electron chi connectivity index (χ4n) is 6.97. The summed E-state index contributed by atoms with van der Waals surface area (Å²) in [6.07, 6.45) is 4.24. The number of benzene rings is 1. The molecule has 12 heteroatoms. The number of carbonyl (C=O) groups excluding carboxylic acids is 3. The van der Waals surface area contributed by atoms with Gasteiger partial charge in [-0.05, 0) is 75.1 Å². The van der Waals surface area contributed by atoms with Gasteiger partial charge in [-0.2, -0.15) is 0 Å². The molecule has 0 saturated carbocycles. The van der Waals surface area contributed by atoms with Crippen molar-refractivity contribution in [2.24, 2.45) is 11.3 Å². The maximum atomic E-state index is 14.0. The Labute approximate surface area is 289 Å². The van der Waals surface area contributed by atoms with Crippen molar-refractivity contribution in [3.63, 3.8) is 0 Å². The number of nitrogens with one attached hydrogen (secondary N) is 3. The Kier molecular flexibility index (Phi) is 12.3. The number of carbonyl (C=O) groups is 3. The lowest BCUT2D eigenvalue weighted by molar-refractivity contribution is -0.144. The van der Waals surface area contributed by atoms with Crippen LogP contribution in [0.25, 0.3) is 10.4 Å². The molecule has 4 heterocycles. The normalized spacial score (nSPS) is 22.2. The van der Waals surface area contributed by atoms with Crippen LogP contribution in [0.5, 0.6) is 0 Å². The third-order valence-corrected chi connectivity index (χ3v) is 10.9. The van der Waals surface area contributed by atoms with E-state index in [1.54, 1.807) is 11.3 Å². The van der Waals surface area contributed by atoms with Gasteiger partial charge in [0.15, 0.2) is 0 Å². The Balaban J connectivity index is 1.10. The van der Waals surface area contributed by atoms with Crippen molar-refractivity contribution in [1.82, 2.24) is 30.7 Å². The number of piperidine rings is 1. The number of rotatable bonds is 13. The number of ether oxygens (including phenoxy) is 1. The van der Waals surface area contributed by atoms with Crippen LogP contribution >= 0.6 is 11.3 Å². The van der Waals surface area contributed by atoms with E-state index in [1.807, 2.05) is 69.3 Å². The Bertz CT molecular complexity index is 1380. The van der Waals surface area contributed by atoms with Crippen molar-refractivity contribution in [2.45, 2.75) is 97.1 Å². The molecule has 3 amide bonds. The van der Waals surface area contributed by atoms with Crippen LogP contribution < -0.4 is 16.0 Å². The second-order valence-electron chi connectivity index (χ2n) is 14.9. The van der Waals surface area contributed by atoms with Gasteiger partial charge in [-0.3, -0.25) is 19.3 Å². The second-order valence-corrected chi connectivity index (χ2v) is 15.8. The van der Waals surface area contributed by atoms with E-state index >= 15 is 0 Å². The lowest BCUT2D eigenvalue weighted by Gasteiger charge is -2.40. The van der Waals surface area contributed by atoms with Gasteiger partial charge in [-0.1, -0.05) is 45.0 Å². The third-order valence-electron chi connectivity index (χ3n) is 9.92. The maximum absolute atomic E-state index is 14.0. The Morgan fingerprint density at radius 3 is 2.46 bits per heavy atom. The number of hydrogen-bond acceptors (Lipinski definition) is 9. The summed E-state index contributed by atoms with van der Waals surface area (Å²) in [6.45, 7) is 14.2. The predicted molar refractivity (Wildman–Crippen MR) is 187 cm³/mol. The summed E-state index contributed by atoms with van der Waals surface area (Å²) in [5.41, 5.74) is 4.21. The molecular formula is C36H54N6O5S. The van der Waals surface area contributed by atoms with Gasteiger partial charge in [0.1, 0.15) is 12.1 Å². The molecule has 0 spiro atoms. The second kappa shape index (κ2) is 16.2. The molecule has 4 N–H and O–H groups in total. The van der Waals surface area contributed by atoms with E-state index < -0.39 is 23.6 Å². The van der Waals surface area contributed by atoms with Crippen LogP contribution in [-0.4, -0.2) is 108 Å². The molecule has 0 unspecified atom stereocenters. The van der Waals surface area contributed by atoms with Crippen LogP contribution in [0.4, 0.5) is 0 Å². The number of amides is 3. The van der Waals surface area contributed by atoms with Crippen molar-refractivity contribution in [1.29, 1.82) is 0 Å². The van der Waals surface area contributed by atoms with Crippen molar-refractivity contribution < 1.29 is 24.2 Å². The molecule has 11 nitrogen and oxygen atoms in total.